The molecular formula is C12H23ClN2O. The summed E-state index contributed by atoms with van der Waals surface area (Å²) in [7, 11) is 0. The van der Waals surface area contributed by atoms with Gasteiger partial charge in [0.05, 0.1) is 0 Å². The molecule has 0 amide bonds. The molecule has 0 bridgehead atoms. The van der Waals surface area contributed by atoms with E-state index < -0.39 is 0 Å². The third-order valence-corrected chi connectivity index (χ3v) is 2.72. The second-order valence-electron chi connectivity index (χ2n) is 5.13. The van der Waals surface area contributed by atoms with Gasteiger partial charge in [-0.05, 0) is 27.4 Å². The van der Waals surface area contributed by atoms with Crippen LogP contribution in [0.15, 0.2) is 12.5 Å². The lowest BCUT2D eigenvalue weighted by Gasteiger charge is -2.38. The number of piperazine rings is 1. The van der Waals surface area contributed by atoms with E-state index in [4.69, 9.17) is 16.3 Å². The van der Waals surface area contributed by atoms with E-state index >= 15 is 0 Å². The lowest BCUT2D eigenvalue weighted by Crippen LogP contribution is -2.47. The topological polar surface area (TPSA) is 15.7 Å². The lowest BCUT2D eigenvalue weighted by molar-refractivity contribution is -0.00913. The van der Waals surface area contributed by atoms with Gasteiger partial charge in [0.2, 0.25) is 0 Å². The molecule has 0 atom stereocenters. The zero-order valence-electron chi connectivity index (χ0n) is 10.6. The van der Waals surface area contributed by atoms with Gasteiger partial charge in [-0.25, -0.2) is 0 Å². The van der Waals surface area contributed by atoms with Crippen LogP contribution in [0.3, 0.4) is 0 Å². The van der Waals surface area contributed by atoms with Gasteiger partial charge in [-0.15, -0.1) is 11.6 Å². The predicted molar refractivity (Wildman–Crippen MR) is 68.7 cm³/mol. The molecule has 4 heteroatoms. The molecule has 0 N–H and O–H groups in total. The maximum atomic E-state index is 5.76. The maximum Gasteiger partial charge on any atom is 0.182 e. The van der Waals surface area contributed by atoms with Gasteiger partial charge in [-0.2, -0.15) is 0 Å². The van der Waals surface area contributed by atoms with Gasteiger partial charge < -0.3 is 9.64 Å². The van der Waals surface area contributed by atoms with Crippen molar-refractivity contribution >= 4 is 11.6 Å². The highest BCUT2D eigenvalue weighted by atomic mass is 35.5. The SMILES string of the molecule is C=C(OC(C)(C)C)N1CCN(CCCl)CC1. The first-order valence-electron chi connectivity index (χ1n) is 5.83. The smallest absolute Gasteiger partial charge is 0.182 e. The van der Waals surface area contributed by atoms with Crippen molar-refractivity contribution < 1.29 is 4.74 Å². The lowest BCUT2D eigenvalue weighted by atomic mass is 10.2. The third kappa shape index (κ3) is 4.62. The van der Waals surface area contributed by atoms with Crippen molar-refractivity contribution in [2.24, 2.45) is 0 Å². The first kappa shape index (κ1) is 13.7. The Hall–Kier alpha value is -0.410. The van der Waals surface area contributed by atoms with Gasteiger partial charge >= 0.3 is 0 Å². The van der Waals surface area contributed by atoms with Gasteiger partial charge in [0.25, 0.3) is 0 Å². The highest BCUT2D eigenvalue weighted by molar-refractivity contribution is 6.18. The molecule has 94 valence electrons. The van der Waals surface area contributed by atoms with Crippen LogP contribution in [0.1, 0.15) is 20.8 Å². The molecule has 16 heavy (non-hydrogen) atoms. The van der Waals surface area contributed by atoms with Crippen molar-refractivity contribution in [3.05, 3.63) is 12.5 Å². The Kier molecular flexibility index (Phi) is 4.93. The van der Waals surface area contributed by atoms with E-state index in [1.807, 2.05) is 20.8 Å². The zero-order valence-corrected chi connectivity index (χ0v) is 11.4. The van der Waals surface area contributed by atoms with Gasteiger partial charge in [-0.3, -0.25) is 4.90 Å². The molecule has 1 aliphatic heterocycles. The molecule has 3 nitrogen and oxygen atoms in total. The number of alkyl halides is 1. The number of ether oxygens (including phenoxy) is 1. The van der Waals surface area contributed by atoms with Crippen molar-refractivity contribution in [2.75, 3.05) is 38.6 Å². The average Bonchev–Trinajstić information content (AvgIpc) is 2.16. The summed E-state index contributed by atoms with van der Waals surface area (Å²) in [5, 5.41) is 0. The van der Waals surface area contributed by atoms with Crippen LogP contribution in [-0.2, 0) is 4.74 Å². The van der Waals surface area contributed by atoms with Crippen LogP contribution in [0.25, 0.3) is 0 Å². The van der Waals surface area contributed by atoms with Crippen molar-refractivity contribution in [3.8, 4) is 0 Å². The molecule has 0 aromatic rings. The van der Waals surface area contributed by atoms with E-state index in [1.165, 1.54) is 0 Å². The van der Waals surface area contributed by atoms with Crippen LogP contribution < -0.4 is 0 Å². The second kappa shape index (κ2) is 5.78. The van der Waals surface area contributed by atoms with Crippen LogP contribution in [0.5, 0.6) is 0 Å². The first-order chi connectivity index (χ1) is 7.42. The summed E-state index contributed by atoms with van der Waals surface area (Å²) in [4.78, 5) is 4.57. The summed E-state index contributed by atoms with van der Waals surface area (Å²) in [6.45, 7) is 15.1. The van der Waals surface area contributed by atoms with Crippen LogP contribution in [-0.4, -0.2) is 54.0 Å². The summed E-state index contributed by atoms with van der Waals surface area (Å²) < 4.78 is 5.76. The fraction of sp³-hybridized carbons (Fsp3) is 0.833. The summed E-state index contributed by atoms with van der Waals surface area (Å²) in [5.74, 6) is 1.50. The molecule has 0 saturated carbocycles. The van der Waals surface area contributed by atoms with Crippen molar-refractivity contribution in [3.63, 3.8) is 0 Å². The molecular weight excluding hydrogens is 224 g/mol. The van der Waals surface area contributed by atoms with Crippen LogP contribution in [0.2, 0.25) is 0 Å². The summed E-state index contributed by atoms with van der Waals surface area (Å²) in [6.07, 6.45) is 0. The Bertz CT molecular complexity index is 230. The molecule has 1 saturated heterocycles. The summed E-state index contributed by atoms with van der Waals surface area (Å²) >= 11 is 5.72. The maximum absolute atomic E-state index is 5.76. The molecule has 1 aliphatic rings. The van der Waals surface area contributed by atoms with Gasteiger partial charge in [0.1, 0.15) is 5.60 Å². The van der Waals surface area contributed by atoms with Crippen LogP contribution in [0.4, 0.5) is 0 Å². The quantitative estimate of drug-likeness (QED) is 0.558. The molecule has 0 unspecified atom stereocenters. The molecule has 0 aromatic heterocycles. The Balaban J connectivity index is 2.33. The zero-order chi connectivity index (χ0) is 12.2. The Morgan fingerprint density at radius 2 is 1.81 bits per heavy atom. The van der Waals surface area contributed by atoms with E-state index in [-0.39, 0.29) is 5.60 Å². The molecule has 0 aromatic carbocycles. The highest BCUT2D eigenvalue weighted by Crippen LogP contribution is 2.16. The minimum atomic E-state index is -0.162. The number of nitrogens with zero attached hydrogens (tertiary/aromatic N) is 2. The highest BCUT2D eigenvalue weighted by Gasteiger charge is 2.21. The molecule has 1 rings (SSSR count). The van der Waals surface area contributed by atoms with Gasteiger partial charge in [-0.1, -0.05) is 0 Å². The minimum absolute atomic E-state index is 0.162. The third-order valence-electron chi connectivity index (χ3n) is 2.55. The second-order valence-corrected chi connectivity index (χ2v) is 5.50. The Labute approximate surface area is 104 Å². The Morgan fingerprint density at radius 1 is 1.25 bits per heavy atom. The standard InChI is InChI=1S/C12H23ClN2O/c1-11(16-12(2,3)4)15-9-7-14(6-5-13)8-10-15/h1,5-10H2,2-4H3. The fourth-order valence-corrected chi connectivity index (χ4v) is 2.00. The van der Waals surface area contributed by atoms with Crippen molar-refractivity contribution in [2.45, 2.75) is 26.4 Å². The first-order valence-corrected chi connectivity index (χ1v) is 6.37. The summed E-state index contributed by atoms with van der Waals surface area (Å²) in [5.41, 5.74) is -0.162. The number of hydrogen-bond donors (Lipinski definition) is 0. The van der Waals surface area contributed by atoms with E-state index in [2.05, 4.69) is 16.4 Å². The largest absolute Gasteiger partial charge is 0.474 e. The van der Waals surface area contributed by atoms with E-state index in [0.29, 0.717) is 5.88 Å². The number of hydrogen-bond acceptors (Lipinski definition) is 3. The van der Waals surface area contributed by atoms with Crippen molar-refractivity contribution in [1.82, 2.24) is 9.80 Å². The van der Waals surface area contributed by atoms with Gasteiger partial charge in [0.15, 0.2) is 5.88 Å². The number of rotatable bonds is 4. The van der Waals surface area contributed by atoms with Crippen LogP contribution >= 0.6 is 11.6 Å². The normalized spacial score (nSPS) is 18.6. The van der Waals surface area contributed by atoms with Gasteiger partial charge in [0, 0.05) is 38.6 Å². The van der Waals surface area contributed by atoms with E-state index in [1.54, 1.807) is 0 Å². The molecule has 0 aliphatic carbocycles. The average molecular weight is 247 g/mol. The van der Waals surface area contributed by atoms with Crippen LogP contribution in [0, 0.1) is 0 Å². The molecule has 1 fully saturated rings. The number of halogens is 1. The monoisotopic (exact) mass is 246 g/mol. The summed E-state index contributed by atoms with van der Waals surface area (Å²) in [6, 6.07) is 0. The van der Waals surface area contributed by atoms with Crippen molar-refractivity contribution in [1.29, 1.82) is 0 Å². The Morgan fingerprint density at radius 3 is 2.25 bits per heavy atom. The minimum Gasteiger partial charge on any atom is -0.474 e. The van der Waals surface area contributed by atoms with E-state index in [0.717, 1.165) is 38.6 Å². The molecule has 0 spiro atoms. The predicted octanol–water partition coefficient (Wildman–Crippen LogP) is 2.13. The molecule has 1 heterocycles. The van der Waals surface area contributed by atoms with E-state index in [9.17, 15) is 0 Å². The molecule has 0 radical (unpaired) electrons. The fourth-order valence-electron chi connectivity index (χ4n) is 1.76.